The predicted molar refractivity (Wildman–Crippen MR) is 57.9 cm³/mol. The molecule has 0 saturated heterocycles. The van der Waals surface area contributed by atoms with Crippen LogP contribution in [0.5, 0.6) is 0 Å². The van der Waals surface area contributed by atoms with E-state index >= 15 is 0 Å². The number of aliphatic carboxylic acids is 1. The Balaban J connectivity index is 3.55. The highest BCUT2D eigenvalue weighted by Gasteiger charge is 2.02. The number of rotatable bonds is 8. The van der Waals surface area contributed by atoms with E-state index in [9.17, 15) is 4.79 Å². The van der Waals surface area contributed by atoms with Crippen LogP contribution in [-0.2, 0) is 14.3 Å². The van der Waals surface area contributed by atoms with E-state index in [1.54, 1.807) is 6.08 Å². The lowest BCUT2D eigenvalue weighted by molar-refractivity contribution is -0.132. The van der Waals surface area contributed by atoms with E-state index in [-0.39, 0.29) is 6.10 Å². The molecule has 1 N–H and O–H groups in total. The predicted octanol–water partition coefficient (Wildman–Crippen LogP) is 1.85. The molecular formula is C11H20O4. The van der Waals surface area contributed by atoms with Gasteiger partial charge in [-0.1, -0.05) is 6.92 Å². The molecule has 0 rings (SSSR count). The van der Waals surface area contributed by atoms with E-state index < -0.39 is 5.97 Å². The van der Waals surface area contributed by atoms with Crippen molar-refractivity contribution in [3.63, 3.8) is 0 Å². The molecule has 0 amide bonds. The number of carboxylic acid groups (broad SMARTS) is 1. The van der Waals surface area contributed by atoms with Gasteiger partial charge in [-0.05, 0) is 26.3 Å². The summed E-state index contributed by atoms with van der Waals surface area (Å²) in [4.78, 5) is 10.6. The average molecular weight is 216 g/mol. The van der Waals surface area contributed by atoms with Crippen molar-refractivity contribution in [1.29, 1.82) is 0 Å². The third-order valence-corrected chi connectivity index (χ3v) is 1.78. The summed E-state index contributed by atoms with van der Waals surface area (Å²) in [5.74, 6) is -0.875. The number of carboxylic acids is 1. The van der Waals surface area contributed by atoms with Crippen LogP contribution in [-0.4, -0.2) is 37.0 Å². The topological polar surface area (TPSA) is 55.8 Å². The van der Waals surface area contributed by atoms with E-state index in [1.807, 2.05) is 20.8 Å². The van der Waals surface area contributed by atoms with E-state index in [0.29, 0.717) is 31.8 Å². The zero-order valence-corrected chi connectivity index (χ0v) is 9.66. The highest BCUT2D eigenvalue weighted by atomic mass is 16.5. The summed E-state index contributed by atoms with van der Waals surface area (Å²) in [5.41, 5.74) is 0.389. The lowest BCUT2D eigenvalue weighted by Gasteiger charge is -2.07. The molecule has 0 bridgehead atoms. The Morgan fingerprint density at radius 3 is 2.53 bits per heavy atom. The Morgan fingerprint density at radius 1 is 1.40 bits per heavy atom. The smallest absolute Gasteiger partial charge is 0.331 e. The van der Waals surface area contributed by atoms with Gasteiger partial charge < -0.3 is 14.6 Å². The van der Waals surface area contributed by atoms with Crippen molar-refractivity contribution in [3.8, 4) is 0 Å². The van der Waals surface area contributed by atoms with Crippen LogP contribution in [0, 0.1) is 0 Å². The van der Waals surface area contributed by atoms with Gasteiger partial charge in [0.15, 0.2) is 0 Å². The van der Waals surface area contributed by atoms with Gasteiger partial charge >= 0.3 is 5.97 Å². The molecule has 0 aliphatic rings. The molecule has 0 fully saturated rings. The van der Waals surface area contributed by atoms with Crippen molar-refractivity contribution >= 4 is 5.97 Å². The number of ether oxygens (including phenoxy) is 2. The number of hydrogen-bond acceptors (Lipinski definition) is 3. The number of carbonyl (C=O) groups is 1. The first-order valence-corrected chi connectivity index (χ1v) is 5.19. The fourth-order valence-corrected chi connectivity index (χ4v) is 0.968. The highest BCUT2D eigenvalue weighted by molar-refractivity contribution is 5.86. The van der Waals surface area contributed by atoms with Gasteiger partial charge in [0.1, 0.15) is 0 Å². The standard InChI is InChI=1S/C11H20O4/c1-4-10(11(12)13)5-6-14-7-8-15-9(2)3/h5,9H,4,6-8H2,1-3H3,(H,12,13). The van der Waals surface area contributed by atoms with Gasteiger partial charge in [-0.15, -0.1) is 0 Å². The molecule has 0 aromatic heterocycles. The first-order valence-electron chi connectivity index (χ1n) is 5.19. The van der Waals surface area contributed by atoms with Gasteiger partial charge in [-0.25, -0.2) is 4.79 Å². The first-order chi connectivity index (χ1) is 7.07. The molecule has 0 spiro atoms. The zero-order valence-electron chi connectivity index (χ0n) is 9.66. The van der Waals surface area contributed by atoms with Crippen molar-refractivity contribution in [3.05, 3.63) is 11.6 Å². The minimum absolute atomic E-state index is 0.203. The first kappa shape index (κ1) is 14.1. The van der Waals surface area contributed by atoms with Gasteiger partial charge in [0.25, 0.3) is 0 Å². The van der Waals surface area contributed by atoms with Crippen LogP contribution in [0.4, 0.5) is 0 Å². The van der Waals surface area contributed by atoms with Gasteiger partial charge in [0.05, 0.1) is 25.9 Å². The molecule has 88 valence electrons. The maximum absolute atomic E-state index is 10.6. The molecule has 0 atom stereocenters. The molecule has 4 nitrogen and oxygen atoms in total. The number of hydrogen-bond donors (Lipinski definition) is 1. The van der Waals surface area contributed by atoms with Gasteiger partial charge in [-0.2, -0.15) is 0 Å². The zero-order chi connectivity index (χ0) is 11.7. The van der Waals surface area contributed by atoms with Crippen LogP contribution in [0.15, 0.2) is 11.6 Å². The Labute approximate surface area is 90.9 Å². The molecule has 0 aliphatic carbocycles. The molecule has 0 unspecified atom stereocenters. The van der Waals surface area contributed by atoms with E-state index in [0.717, 1.165) is 0 Å². The third-order valence-electron chi connectivity index (χ3n) is 1.78. The van der Waals surface area contributed by atoms with Crippen LogP contribution in [0.3, 0.4) is 0 Å². The van der Waals surface area contributed by atoms with Crippen LogP contribution < -0.4 is 0 Å². The van der Waals surface area contributed by atoms with Gasteiger partial charge in [-0.3, -0.25) is 0 Å². The average Bonchev–Trinajstić information content (AvgIpc) is 2.15. The van der Waals surface area contributed by atoms with Crippen LogP contribution in [0.1, 0.15) is 27.2 Å². The summed E-state index contributed by atoms with van der Waals surface area (Å²) < 4.78 is 10.5. The second-order valence-electron chi connectivity index (χ2n) is 3.38. The Hall–Kier alpha value is -0.870. The molecule has 0 aromatic rings. The van der Waals surface area contributed by atoms with Gasteiger partial charge in [0, 0.05) is 5.57 Å². The van der Waals surface area contributed by atoms with Crippen molar-refractivity contribution < 1.29 is 19.4 Å². The Bertz CT molecular complexity index is 209. The fraction of sp³-hybridized carbons (Fsp3) is 0.727. The lowest BCUT2D eigenvalue weighted by atomic mass is 10.2. The molecule has 4 heteroatoms. The molecule has 0 aliphatic heterocycles. The molecular weight excluding hydrogens is 196 g/mol. The maximum Gasteiger partial charge on any atom is 0.331 e. The molecule has 0 saturated carbocycles. The van der Waals surface area contributed by atoms with Crippen molar-refractivity contribution in [1.82, 2.24) is 0 Å². The molecule has 15 heavy (non-hydrogen) atoms. The minimum Gasteiger partial charge on any atom is -0.478 e. The molecule has 0 radical (unpaired) electrons. The van der Waals surface area contributed by atoms with Crippen LogP contribution >= 0.6 is 0 Å². The largest absolute Gasteiger partial charge is 0.478 e. The lowest BCUT2D eigenvalue weighted by Crippen LogP contribution is -2.10. The minimum atomic E-state index is -0.875. The summed E-state index contributed by atoms with van der Waals surface area (Å²) in [6.45, 7) is 7.09. The van der Waals surface area contributed by atoms with Gasteiger partial charge in [0.2, 0.25) is 0 Å². The van der Waals surface area contributed by atoms with Crippen molar-refractivity contribution in [2.45, 2.75) is 33.3 Å². The second kappa shape index (κ2) is 8.44. The highest BCUT2D eigenvalue weighted by Crippen LogP contribution is 1.99. The summed E-state index contributed by atoms with van der Waals surface area (Å²) in [7, 11) is 0. The Kier molecular flexibility index (Phi) is 7.95. The summed E-state index contributed by atoms with van der Waals surface area (Å²) in [5, 5.41) is 8.70. The Morgan fingerprint density at radius 2 is 2.07 bits per heavy atom. The third kappa shape index (κ3) is 8.15. The molecule has 0 heterocycles. The SMILES string of the molecule is CCC(=CCOCCOC(C)C)C(=O)O. The van der Waals surface area contributed by atoms with Crippen LogP contribution in [0.2, 0.25) is 0 Å². The maximum atomic E-state index is 10.6. The second-order valence-corrected chi connectivity index (χ2v) is 3.38. The normalized spacial score (nSPS) is 12.1. The summed E-state index contributed by atoms with van der Waals surface area (Å²) >= 11 is 0. The van der Waals surface area contributed by atoms with E-state index in [4.69, 9.17) is 14.6 Å². The quantitative estimate of drug-likeness (QED) is 0.497. The fourth-order valence-electron chi connectivity index (χ4n) is 0.968. The van der Waals surface area contributed by atoms with E-state index in [1.165, 1.54) is 0 Å². The van der Waals surface area contributed by atoms with Crippen molar-refractivity contribution in [2.24, 2.45) is 0 Å². The molecule has 0 aromatic carbocycles. The van der Waals surface area contributed by atoms with Crippen molar-refractivity contribution in [2.75, 3.05) is 19.8 Å². The monoisotopic (exact) mass is 216 g/mol. The summed E-state index contributed by atoms with van der Waals surface area (Å²) in [6.07, 6.45) is 2.31. The van der Waals surface area contributed by atoms with E-state index in [2.05, 4.69) is 0 Å². The summed E-state index contributed by atoms with van der Waals surface area (Å²) in [6, 6.07) is 0. The van der Waals surface area contributed by atoms with Crippen LogP contribution in [0.25, 0.3) is 0 Å².